The first-order valence-corrected chi connectivity index (χ1v) is 15.0. The fraction of sp³-hybridized carbons (Fsp3) is 0.480. The van der Waals surface area contributed by atoms with Crippen LogP contribution in [0.1, 0.15) is 43.1 Å². The van der Waals surface area contributed by atoms with E-state index in [-0.39, 0.29) is 30.6 Å². The summed E-state index contributed by atoms with van der Waals surface area (Å²) in [5.74, 6) is 0.604. The first-order chi connectivity index (χ1) is 18.8. The molecule has 15 heteroatoms. The molecule has 216 valence electrons. The Morgan fingerprint density at radius 1 is 1.25 bits per heavy atom. The highest BCUT2D eigenvalue weighted by atomic mass is 35.5. The van der Waals surface area contributed by atoms with Crippen LogP contribution in [0.3, 0.4) is 0 Å². The third-order valence-electron chi connectivity index (χ3n) is 7.47. The number of unbranched alkanes of at least 4 members (excludes halogenated alkanes) is 1. The number of nitrogens with two attached hydrogens (primary N) is 1. The van der Waals surface area contributed by atoms with Crippen LogP contribution in [0.2, 0.25) is 5.02 Å². The van der Waals surface area contributed by atoms with Crippen LogP contribution < -0.4 is 5.73 Å². The Labute approximate surface area is 233 Å². The molecule has 10 nitrogen and oxygen atoms in total. The number of hydrogen-bond donors (Lipinski definition) is 3. The van der Waals surface area contributed by atoms with E-state index in [9.17, 15) is 26.7 Å². The van der Waals surface area contributed by atoms with Crippen LogP contribution in [0.15, 0.2) is 30.7 Å². The lowest BCUT2D eigenvalue weighted by Crippen LogP contribution is -2.37. The molecule has 0 amide bonds. The number of rotatable bonds is 9. The molecule has 3 atom stereocenters. The number of fused-ring (bicyclic) bond motifs is 2. The highest BCUT2D eigenvalue weighted by Crippen LogP contribution is 2.38. The number of H-pyrrole nitrogens is 1. The van der Waals surface area contributed by atoms with Crippen molar-refractivity contribution in [2.75, 3.05) is 25.1 Å². The zero-order valence-electron chi connectivity index (χ0n) is 21.6. The molecule has 0 aliphatic heterocycles. The molecule has 40 heavy (non-hydrogen) atoms. The maximum absolute atomic E-state index is 13.1. The van der Waals surface area contributed by atoms with Crippen molar-refractivity contribution in [2.45, 2.75) is 50.4 Å². The van der Waals surface area contributed by atoms with Crippen molar-refractivity contribution in [3.63, 3.8) is 0 Å². The van der Waals surface area contributed by atoms with Gasteiger partial charge in [-0.05, 0) is 43.9 Å². The molecule has 5 rings (SSSR count). The highest BCUT2D eigenvalue weighted by Gasteiger charge is 2.37. The maximum atomic E-state index is 13.1. The van der Waals surface area contributed by atoms with E-state index in [4.69, 9.17) is 17.3 Å². The summed E-state index contributed by atoms with van der Waals surface area (Å²) >= 11 is 5.79. The second kappa shape index (κ2) is 10.8. The second-order valence-corrected chi connectivity index (χ2v) is 12.7. The molecule has 0 radical (unpaired) electrons. The largest absolute Gasteiger partial charge is 0.417 e. The second-order valence-electron chi connectivity index (χ2n) is 10.3. The molecule has 1 aromatic carbocycles. The van der Waals surface area contributed by atoms with Gasteiger partial charge in [-0.2, -0.15) is 13.2 Å². The summed E-state index contributed by atoms with van der Waals surface area (Å²) in [5.41, 5.74) is 6.25. The number of nitrogen functional groups attached to an aromatic ring is 1. The molecule has 3 aromatic heterocycles. The monoisotopic (exact) mass is 599 g/mol. The number of benzene rings is 1. The number of aromatic amines is 1. The summed E-state index contributed by atoms with van der Waals surface area (Å²) in [6, 6.07) is 3.90. The minimum absolute atomic E-state index is 0.0624. The van der Waals surface area contributed by atoms with E-state index in [0.29, 0.717) is 54.9 Å². The molecule has 4 N–H and O–H groups in total. The van der Waals surface area contributed by atoms with Gasteiger partial charge in [0, 0.05) is 37.7 Å². The Morgan fingerprint density at radius 3 is 2.75 bits per heavy atom. The Bertz CT molecular complexity index is 1640. The van der Waals surface area contributed by atoms with Crippen LogP contribution in [0.4, 0.5) is 19.0 Å². The van der Waals surface area contributed by atoms with Gasteiger partial charge in [0.1, 0.15) is 23.6 Å². The SMILES string of the molecule is CS(=O)(=O)N(CCCCc1nc2cc(Cl)c(C(F)(F)F)cc2[nH]1)C[C@H]1C[C@@H](n2ccc3c(N)ncnc32)C[C@@H]1O. The van der Waals surface area contributed by atoms with Gasteiger partial charge in [0.2, 0.25) is 10.0 Å². The van der Waals surface area contributed by atoms with Crippen molar-refractivity contribution in [3.8, 4) is 0 Å². The molecule has 0 saturated heterocycles. The first kappa shape index (κ1) is 28.6. The lowest BCUT2D eigenvalue weighted by molar-refractivity contribution is -0.137. The molecule has 3 heterocycles. The summed E-state index contributed by atoms with van der Waals surface area (Å²) in [7, 11) is -3.54. The predicted molar refractivity (Wildman–Crippen MR) is 145 cm³/mol. The Hall–Kier alpha value is -2.94. The molecule has 0 bridgehead atoms. The molecule has 1 aliphatic rings. The van der Waals surface area contributed by atoms with E-state index in [0.717, 1.165) is 17.7 Å². The molecular formula is C25H29ClF3N7O3S. The van der Waals surface area contributed by atoms with Crippen molar-refractivity contribution >= 4 is 49.5 Å². The molecule has 4 aromatic rings. The van der Waals surface area contributed by atoms with E-state index in [2.05, 4.69) is 19.9 Å². The smallest absolute Gasteiger partial charge is 0.393 e. The molecule has 0 unspecified atom stereocenters. The summed E-state index contributed by atoms with van der Waals surface area (Å²) in [4.78, 5) is 15.6. The number of nitrogens with zero attached hydrogens (tertiary/aromatic N) is 5. The number of sulfonamides is 1. The van der Waals surface area contributed by atoms with Gasteiger partial charge in [-0.3, -0.25) is 0 Å². The highest BCUT2D eigenvalue weighted by molar-refractivity contribution is 7.88. The number of aliphatic hydroxyl groups excluding tert-OH is 1. The number of imidazole rings is 1. The zero-order valence-corrected chi connectivity index (χ0v) is 23.1. The number of aryl methyl sites for hydroxylation is 1. The van der Waals surface area contributed by atoms with E-state index in [1.54, 1.807) is 0 Å². The normalized spacial score (nSPS) is 20.3. The van der Waals surface area contributed by atoms with Crippen LogP contribution in [0.5, 0.6) is 0 Å². The summed E-state index contributed by atoms with van der Waals surface area (Å²) in [6.45, 7) is 0.420. The molecule has 1 aliphatic carbocycles. The van der Waals surface area contributed by atoms with Gasteiger partial charge in [-0.1, -0.05) is 11.6 Å². The Kier molecular flexibility index (Phi) is 7.72. The average Bonchev–Trinajstić information content (AvgIpc) is 3.56. The van der Waals surface area contributed by atoms with Crippen LogP contribution in [0, 0.1) is 5.92 Å². The molecule has 0 spiro atoms. The van der Waals surface area contributed by atoms with E-state index in [1.165, 1.54) is 16.7 Å². The number of nitrogens with one attached hydrogen (secondary N) is 1. The van der Waals surface area contributed by atoms with E-state index < -0.39 is 32.9 Å². The van der Waals surface area contributed by atoms with Gasteiger partial charge in [-0.25, -0.2) is 27.7 Å². The van der Waals surface area contributed by atoms with Crippen molar-refractivity contribution in [1.82, 2.24) is 28.8 Å². The van der Waals surface area contributed by atoms with Gasteiger partial charge >= 0.3 is 6.18 Å². The minimum Gasteiger partial charge on any atom is -0.393 e. The van der Waals surface area contributed by atoms with Crippen molar-refractivity contribution in [2.24, 2.45) is 5.92 Å². The van der Waals surface area contributed by atoms with Gasteiger partial charge in [0.25, 0.3) is 0 Å². The van der Waals surface area contributed by atoms with Gasteiger partial charge in [-0.15, -0.1) is 0 Å². The topological polar surface area (TPSA) is 143 Å². The molecule has 1 saturated carbocycles. The Morgan fingerprint density at radius 2 is 2.02 bits per heavy atom. The van der Waals surface area contributed by atoms with Crippen molar-refractivity contribution in [3.05, 3.63) is 47.1 Å². The summed E-state index contributed by atoms with van der Waals surface area (Å²) in [6.07, 6.45) is 1.65. The van der Waals surface area contributed by atoms with Crippen LogP contribution in [0.25, 0.3) is 22.1 Å². The lowest BCUT2D eigenvalue weighted by atomic mass is 10.1. The lowest BCUT2D eigenvalue weighted by Gasteiger charge is -2.25. The number of halogens is 4. The van der Waals surface area contributed by atoms with Gasteiger partial charge in [0.15, 0.2) is 0 Å². The first-order valence-electron chi connectivity index (χ1n) is 12.8. The average molecular weight is 600 g/mol. The minimum atomic E-state index is -4.57. The van der Waals surface area contributed by atoms with Gasteiger partial charge < -0.3 is 20.4 Å². The number of anilines is 1. The van der Waals surface area contributed by atoms with Crippen LogP contribution >= 0.6 is 11.6 Å². The Balaban J connectivity index is 1.20. The summed E-state index contributed by atoms with van der Waals surface area (Å²) in [5, 5.41) is 11.1. The number of alkyl halides is 3. The fourth-order valence-electron chi connectivity index (χ4n) is 5.44. The number of aromatic nitrogens is 5. The molecular weight excluding hydrogens is 571 g/mol. The van der Waals surface area contributed by atoms with Crippen LogP contribution in [-0.4, -0.2) is 67.8 Å². The third kappa shape index (κ3) is 5.90. The standard InChI is InChI=1S/C25H29ClF3N7O3S/c1-40(38,39)35(6-3-2-4-22-33-19-10-17(25(27,28)29)18(26)11-20(19)34-22)12-14-8-15(9-21(14)37)36-7-5-16-23(30)31-13-32-24(16)36/h5,7,10-11,13-15,21,37H,2-4,6,8-9,12H2,1H3,(H,33,34)(H2,30,31,32)/t14-,15-,21+/m1/s1. The fourth-order valence-corrected chi connectivity index (χ4v) is 6.63. The summed E-state index contributed by atoms with van der Waals surface area (Å²) < 4.78 is 67.9. The molecule has 1 fully saturated rings. The quantitative estimate of drug-likeness (QED) is 0.245. The maximum Gasteiger partial charge on any atom is 0.417 e. The van der Waals surface area contributed by atoms with Crippen molar-refractivity contribution < 1.29 is 26.7 Å². The zero-order chi connectivity index (χ0) is 28.8. The van der Waals surface area contributed by atoms with Gasteiger partial charge in [0.05, 0.1) is 39.4 Å². The predicted octanol–water partition coefficient (Wildman–Crippen LogP) is 4.16. The van der Waals surface area contributed by atoms with E-state index >= 15 is 0 Å². The van der Waals surface area contributed by atoms with Crippen LogP contribution in [-0.2, 0) is 22.6 Å². The van der Waals surface area contributed by atoms with Crippen molar-refractivity contribution in [1.29, 1.82) is 0 Å². The number of aliphatic hydroxyl groups is 1. The van der Waals surface area contributed by atoms with E-state index in [1.807, 2.05) is 16.8 Å². The third-order valence-corrected chi connectivity index (χ3v) is 9.05. The number of hydrogen-bond acceptors (Lipinski definition) is 7.